The van der Waals surface area contributed by atoms with E-state index in [4.69, 9.17) is 21.4 Å². The molecule has 2 heterocycles. The van der Waals surface area contributed by atoms with Gasteiger partial charge in [0.1, 0.15) is 6.10 Å². The molecule has 1 aliphatic carbocycles. The minimum absolute atomic E-state index is 0.0000830. The summed E-state index contributed by atoms with van der Waals surface area (Å²) in [6, 6.07) is 11.0. The maximum absolute atomic E-state index is 12.5. The largest absolute Gasteiger partial charge is 0.365 e. The van der Waals surface area contributed by atoms with Crippen LogP contribution in [0.5, 0.6) is 0 Å². The molecule has 1 N–H and O–H groups in total. The van der Waals surface area contributed by atoms with Crippen molar-refractivity contribution < 1.29 is 9.53 Å². The van der Waals surface area contributed by atoms with Crippen LogP contribution in [0.1, 0.15) is 55.5 Å². The first-order valence-corrected chi connectivity index (χ1v) is 12.2. The summed E-state index contributed by atoms with van der Waals surface area (Å²) >= 11 is 6.08. The SMILES string of the molecule is CCNC(=O)[C@H]1CN(C2CCC(c3cc(C)n(C)n3)CC2)[C@@H](Cc2ccc(Cl)cc2)CO1. The van der Waals surface area contributed by atoms with Gasteiger partial charge in [-0.2, -0.15) is 5.10 Å². The van der Waals surface area contributed by atoms with Crippen molar-refractivity contribution in [2.24, 2.45) is 7.05 Å². The van der Waals surface area contributed by atoms with E-state index in [1.54, 1.807) is 0 Å². The molecular formula is C25H35ClN4O2. The number of hydrogen-bond donors (Lipinski definition) is 1. The number of nitrogens with one attached hydrogen (secondary N) is 1. The lowest BCUT2D eigenvalue weighted by molar-refractivity contribution is -0.145. The molecule has 0 radical (unpaired) electrons. The molecule has 1 saturated heterocycles. The van der Waals surface area contributed by atoms with Gasteiger partial charge in [-0.05, 0) is 69.7 Å². The fraction of sp³-hybridized carbons (Fsp3) is 0.600. The molecule has 2 atom stereocenters. The molecule has 2 aromatic rings. The number of likely N-dealkylation sites (N-methyl/N-ethyl adjacent to an activating group) is 1. The summed E-state index contributed by atoms with van der Waals surface area (Å²) in [5.41, 5.74) is 3.69. The number of morpholine rings is 1. The van der Waals surface area contributed by atoms with Gasteiger partial charge in [-0.1, -0.05) is 23.7 Å². The number of aromatic nitrogens is 2. The van der Waals surface area contributed by atoms with Gasteiger partial charge in [0, 0.05) is 48.9 Å². The summed E-state index contributed by atoms with van der Waals surface area (Å²) in [6.45, 7) is 5.91. The van der Waals surface area contributed by atoms with Gasteiger partial charge in [0.2, 0.25) is 5.91 Å². The van der Waals surface area contributed by atoms with Crippen molar-refractivity contribution in [3.05, 3.63) is 52.3 Å². The van der Waals surface area contributed by atoms with E-state index in [2.05, 4.69) is 35.3 Å². The standard InChI is InChI=1S/C25H35ClN4O2/c1-4-27-25(31)24-15-30(22(16-32-24)14-18-5-9-20(26)10-6-18)21-11-7-19(8-12-21)23-13-17(2)29(3)28-23/h5-6,9-10,13,19,21-22,24H,4,7-8,11-12,14-16H2,1-3H3,(H,27,31)/t19?,21?,22-,24+/m0/s1. The maximum Gasteiger partial charge on any atom is 0.250 e. The molecule has 0 unspecified atom stereocenters. The third-order valence-electron chi connectivity index (χ3n) is 7.08. The number of amides is 1. The van der Waals surface area contributed by atoms with Gasteiger partial charge in [-0.3, -0.25) is 14.4 Å². The van der Waals surface area contributed by atoms with Gasteiger partial charge >= 0.3 is 0 Å². The summed E-state index contributed by atoms with van der Waals surface area (Å²) in [5.74, 6) is 0.529. The first kappa shape index (κ1) is 23.3. The highest BCUT2D eigenvalue weighted by Crippen LogP contribution is 2.36. The average molecular weight is 459 g/mol. The summed E-state index contributed by atoms with van der Waals surface area (Å²) in [4.78, 5) is 15.1. The molecule has 0 spiro atoms. The molecule has 1 aliphatic heterocycles. The zero-order valence-corrected chi connectivity index (χ0v) is 20.1. The number of benzene rings is 1. The average Bonchev–Trinajstić information content (AvgIpc) is 3.14. The summed E-state index contributed by atoms with van der Waals surface area (Å²) in [6.07, 6.45) is 5.03. The van der Waals surface area contributed by atoms with Gasteiger partial charge in [-0.25, -0.2) is 0 Å². The Morgan fingerprint density at radius 2 is 1.94 bits per heavy atom. The Morgan fingerprint density at radius 3 is 2.56 bits per heavy atom. The second kappa shape index (κ2) is 10.4. The first-order valence-electron chi connectivity index (χ1n) is 11.8. The molecule has 2 fully saturated rings. The number of carbonyl (C=O) groups excluding carboxylic acids is 1. The lowest BCUT2D eigenvalue weighted by atomic mass is 9.82. The van der Waals surface area contributed by atoms with Crippen molar-refractivity contribution in [1.29, 1.82) is 0 Å². The Morgan fingerprint density at radius 1 is 1.22 bits per heavy atom. The smallest absolute Gasteiger partial charge is 0.250 e. The Bertz CT molecular complexity index is 886. The van der Waals surface area contributed by atoms with Crippen molar-refractivity contribution >= 4 is 17.5 Å². The van der Waals surface area contributed by atoms with Crippen LogP contribution in [0, 0.1) is 6.92 Å². The fourth-order valence-corrected chi connectivity index (χ4v) is 5.30. The molecule has 1 aromatic carbocycles. The van der Waals surface area contributed by atoms with Crippen LogP contribution in [0.25, 0.3) is 0 Å². The maximum atomic E-state index is 12.5. The predicted molar refractivity (Wildman–Crippen MR) is 127 cm³/mol. The number of hydrogen-bond acceptors (Lipinski definition) is 4. The van der Waals surface area contributed by atoms with E-state index in [0.717, 1.165) is 37.1 Å². The van der Waals surface area contributed by atoms with E-state index in [0.29, 0.717) is 31.7 Å². The zero-order chi connectivity index (χ0) is 22.7. The third-order valence-corrected chi connectivity index (χ3v) is 7.33. The van der Waals surface area contributed by atoms with E-state index in [1.807, 2.05) is 30.8 Å². The highest BCUT2D eigenvalue weighted by atomic mass is 35.5. The van der Waals surface area contributed by atoms with E-state index < -0.39 is 6.10 Å². The molecule has 7 heteroatoms. The van der Waals surface area contributed by atoms with E-state index in [9.17, 15) is 4.79 Å². The molecule has 1 amide bonds. The summed E-state index contributed by atoms with van der Waals surface area (Å²) in [5, 5.41) is 8.41. The van der Waals surface area contributed by atoms with Crippen LogP contribution in [0.15, 0.2) is 30.3 Å². The van der Waals surface area contributed by atoms with Crippen LogP contribution in [0.3, 0.4) is 0 Å². The molecule has 4 rings (SSSR count). The summed E-state index contributed by atoms with van der Waals surface area (Å²) < 4.78 is 8.01. The van der Waals surface area contributed by atoms with Gasteiger partial charge in [0.15, 0.2) is 0 Å². The van der Waals surface area contributed by atoms with Crippen LogP contribution >= 0.6 is 11.6 Å². The molecule has 1 aromatic heterocycles. The first-order chi connectivity index (χ1) is 15.4. The number of aryl methyl sites for hydroxylation is 2. The van der Waals surface area contributed by atoms with Crippen LogP contribution < -0.4 is 5.32 Å². The fourth-order valence-electron chi connectivity index (χ4n) is 5.17. The molecule has 0 bridgehead atoms. The second-order valence-electron chi connectivity index (χ2n) is 9.24. The normalized spacial score (nSPS) is 26.8. The molecule has 2 aliphatic rings. The summed E-state index contributed by atoms with van der Waals surface area (Å²) in [7, 11) is 2.01. The van der Waals surface area contributed by atoms with Gasteiger partial charge in [0.25, 0.3) is 0 Å². The Balaban J connectivity index is 1.45. The Labute approximate surface area is 196 Å². The predicted octanol–water partition coefficient (Wildman–Crippen LogP) is 3.86. The number of ether oxygens (including phenoxy) is 1. The Hall–Kier alpha value is -1.89. The Kier molecular flexibility index (Phi) is 7.54. The van der Waals surface area contributed by atoms with Crippen LogP contribution in [-0.2, 0) is 23.0 Å². The zero-order valence-electron chi connectivity index (χ0n) is 19.4. The number of nitrogens with zero attached hydrogens (tertiary/aromatic N) is 3. The topological polar surface area (TPSA) is 59.4 Å². The van der Waals surface area contributed by atoms with Crippen molar-refractivity contribution in [2.45, 2.75) is 70.1 Å². The third kappa shape index (κ3) is 5.36. The lowest BCUT2D eigenvalue weighted by Gasteiger charge is -2.45. The van der Waals surface area contributed by atoms with Crippen molar-refractivity contribution in [3.8, 4) is 0 Å². The molecule has 1 saturated carbocycles. The molecular weight excluding hydrogens is 424 g/mol. The minimum Gasteiger partial charge on any atom is -0.365 e. The van der Waals surface area contributed by atoms with Crippen LogP contribution in [0.4, 0.5) is 0 Å². The molecule has 6 nitrogen and oxygen atoms in total. The second-order valence-corrected chi connectivity index (χ2v) is 9.67. The lowest BCUT2D eigenvalue weighted by Crippen LogP contribution is -2.58. The van der Waals surface area contributed by atoms with Crippen molar-refractivity contribution in [2.75, 3.05) is 19.7 Å². The highest BCUT2D eigenvalue weighted by molar-refractivity contribution is 6.30. The van der Waals surface area contributed by atoms with E-state index >= 15 is 0 Å². The van der Waals surface area contributed by atoms with Crippen LogP contribution in [-0.4, -0.2) is 58.5 Å². The number of carbonyl (C=O) groups is 1. The molecule has 32 heavy (non-hydrogen) atoms. The van der Waals surface area contributed by atoms with Crippen molar-refractivity contribution in [1.82, 2.24) is 20.0 Å². The minimum atomic E-state index is -0.396. The quantitative estimate of drug-likeness (QED) is 0.714. The van der Waals surface area contributed by atoms with Gasteiger partial charge < -0.3 is 10.1 Å². The van der Waals surface area contributed by atoms with Gasteiger partial charge in [0.05, 0.1) is 12.3 Å². The monoisotopic (exact) mass is 458 g/mol. The number of rotatable bonds is 6. The highest BCUT2D eigenvalue weighted by Gasteiger charge is 2.38. The van der Waals surface area contributed by atoms with Gasteiger partial charge in [-0.15, -0.1) is 0 Å². The molecule has 174 valence electrons. The van der Waals surface area contributed by atoms with E-state index in [1.165, 1.54) is 17.0 Å². The van der Waals surface area contributed by atoms with E-state index in [-0.39, 0.29) is 11.9 Å². The van der Waals surface area contributed by atoms with Crippen molar-refractivity contribution in [3.63, 3.8) is 0 Å². The number of halogens is 1. The van der Waals surface area contributed by atoms with Crippen LogP contribution in [0.2, 0.25) is 5.02 Å².